The molecule has 96 valence electrons. The van der Waals surface area contributed by atoms with Crippen LogP contribution >= 0.6 is 0 Å². The molecule has 2 N–H and O–H groups in total. The number of carbonyl (C=O) groups is 1. The van der Waals surface area contributed by atoms with Gasteiger partial charge in [0.1, 0.15) is 11.3 Å². The molecule has 4 nitrogen and oxygen atoms in total. The topological polar surface area (TPSA) is 55.6 Å². The van der Waals surface area contributed by atoms with Gasteiger partial charge in [-0.1, -0.05) is 0 Å². The Labute approximate surface area is 96.9 Å². The van der Waals surface area contributed by atoms with Gasteiger partial charge in [-0.2, -0.15) is 0 Å². The minimum atomic E-state index is -1.43. The highest BCUT2D eigenvalue weighted by molar-refractivity contribution is 5.67. The van der Waals surface area contributed by atoms with E-state index < -0.39 is 17.4 Å². The van der Waals surface area contributed by atoms with Crippen LogP contribution in [0.3, 0.4) is 0 Å². The molecule has 1 unspecified atom stereocenters. The summed E-state index contributed by atoms with van der Waals surface area (Å²) in [6.45, 7) is 7.04. The summed E-state index contributed by atoms with van der Waals surface area (Å²) in [5, 5.41) is 0. The van der Waals surface area contributed by atoms with E-state index in [0.29, 0.717) is 6.54 Å². The average Bonchev–Trinajstić information content (AvgIpc) is 2.11. The molecule has 0 aliphatic carbocycles. The zero-order valence-corrected chi connectivity index (χ0v) is 10.8. The zero-order valence-electron chi connectivity index (χ0n) is 10.8. The van der Waals surface area contributed by atoms with Crippen LogP contribution in [0, 0.1) is 0 Å². The number of hydrogen-bond acceptors (Lipinski definition) is 3. The predicted octanol–water partition coefficient (Wildman–Crippen LogP) is 1.93. The van der Waals surface area contributed by atoms with Crippen LogP contribution in [0.1, 0.15) is 34.1 Å². The van der Waals surface area contributed by atoms with E-state index in [1.165, 1.54) is 11.8 Å². The normalized spacial score (nSPS) is 15.4. The molecule has 0 bridgehead atoms. The van der Waals surface area contributed by atoms with Crippen molar-refractivity contribution in [2.45, 2.75) is 45.4 Å². The molecule has 0 spiro atoms. The van der Waals surface area contributed by atoms with Crippen molar-refractivity contribution >= 4 is 6.09 Å². The van der Waals surface area contributed by atoms with E-state index in [0.717, 1.165) is 0 Å². The molecule has 0 aliphatic rings. The molecule has 16 heavy (non-hydrogen) atoms. The Balaban J connectivity index is 4.08. The fourth-order valence-corrected chi connectivity index (χ4v) is 0.934. The van der Waals surface area contributed by atoms with Crippen LogP contribution in [-0.4, -0.2) is 42.4 Å². The number of amides is 1. The smallest absolute Gasteiger partial charge is 0.410 e. The fourth-order valence-electron chi connectivity index (χ4n) is 0.934. The third-order valence-electron chi connectivity index (χ3n) is 2.10. The third kappa shape index (κ3) is 6.61. The van der Waals surface area contributed by atoms with Crippen molar-refractivity contribution in [3.05, 3.63) is 0 Å². The van der Waals surface area contributed by atoms with Crippen LogP contribution in [0.5, 0.6) is 0 Å². The average molecular weight is 234 g/mol. The molecule has 0 rings (SSSR count). The minimum Gasteiger partial charge on any atom is -0.444 e. The first kappa shape index (κ1) is 15.2. The van der Waals surface area contributed by atoms with Gasteiger partial charge in [-0.05, 0) is 27.7 Å². The second kappa shape index (κ2) is 5.48. The monoisotopic (exact) mass is 234 g/mol. The molecule has 0 aromatic rings. The molecule has 0 saturated carbocycles. The zero-order chi connectivity index (χ0) is 13.0. The Morgan fingerprint density at radius 1 is 1.38 bits per heavy atom. The van der Waals surface area contributed by atoms with Crippen LogP contribution in [-0.2, 0) is 4.74 Å². The van der Waals surface area contributed by atoms with E-state index in [2.05, 4.69) is 0 Å². The first-order valence-electron chi connectivity index (χ1n) is 5.40. The summed E-state index contributed by atoms with van der Waals surface area (Å²) < 4.78 is 18.6. The fraction of sp³-hybridized carbons (Fsp3) is 0.909. The Bertz CT molecular complexity index is 237. The van der Waals surface area contributed by atoms with Crippen LogP contribution in [0.4, 0.5) is 9.18 Å². The van der Waals surface area contributed by atoms with E-state index in [9.17, 15) is 9.18 Å². The number of hydrogen-bond donors (Lipinski definition) is 1. The summed E-state index contributed by atoms with van der Waals surface area (Å²) in [6, 6.07) is 0. The van der Waals surface area contributed by atoms with Crippen molar-refractivity contribution in [1.82, 2.24) is 4.90 Å². The number of alkyl halides is 1. The molecule has 0 saturated heterocycles. The van der Waals surface area contributed by atoms with Crippen molar-refractivity contribution in [3.63, 3.8) is 0 Å². The van der Waals surface area contributed by atoms with Crippen molar-refractivity contribution in [1.29, 1.82) is 0 Å². The van der Waals surface area contributed by atoms with Crippen LogP contribution in [0.25, 0.3) is 0 Å². The van der Waals surface area contributed by atoms with Gasteiger partial charge in [-0.15, -0.1) is 0 Å². The first-order chi connectivity index (χ1) is 7.07. The Morgan fingerprint density at radius 3 is 2.25 bits per heavy atom. The summed E-state index contributed by atoms with van der Waals surface area (Å²) in [4.78, 5) is 12.9. The molecule has 0 radical (unpaired) electrons. The van der Waals surface area contributed by atoms with Gasteiger partial charge in [0.2, 0.25) is 0 Å². The van der Waals surface area contributed by atoms with E-state index in [-0.39, 0.29) is 13.0 Å². The number of rotatable bonds is 4. The highest BCUT2D eigenvalue weighted by Gasteiger charge is 2.24. The second-order valence-corrected chi connectivity index (χ2v) is 5.27. The quantitative estimate of drug-likeness (QED) is 0.808. The SMILES string of the molecule is CN(CCC(C)(F)CN)C(=O)OC(C)(C)C. The lowest BCUT2D eigenvalue weighted by Crippen LogP contribution is -2.38. The van der Waals surface area contributed by atoms with E-state index in [4.69, 9.17) is 10.5 Å². The number of halogens is 1. The molecule has 5 heteroatoms. The lowest BCUT2D eigenvalue weighted by molar-refractivity contribution is 0.0271. The van der Waals surface area contributed by atoms with E-state index in [1.807, 2.05) is 0 Å². The second-order valence-electron chi connectivity index (χ2n) is 5.27. The predicted molar refractivity (Wildman–Crippen MR) is 62.0 cm³/mol. The lowest BCUT2D eigenvalue weighted by atomic mass is 10.1. The van der Waals surface area contributed by atoms with Crippen molar-refractivity contribution in [2.24, 2.45) is 5.73 Å². The number of carbonyl (C=O) groups excluding carboxylic acids is 1. The minimum absolute atomic E-state index is 0.0465. The summed E-state index contributed by atoms with van der Waals surface area (Å²) in [5.74, 6) is 0. The van der Waals surface area contributed by atoms with Gasteiger partial charge in [0.25, 0.3) is 0 Å². The summed E-state index contributed by atoms with van der Waals surface area (Å²) in [7, 11) is 1.58. The molecule has 1 atom stereocenters. The van der Waals surface area contributed by atoms with Gasteiger partial charge in [0.05, 0.1) is 0 Å². The molecule has 0 fully saturated rings. The molecule has 0 aliphatic heterocycles. The van der Waals surface area contributed by atoms with Gasteiger partial charge >= 0.3 is 6.09 Å². The Kier molecular flexibility index (Phi) is 5.19. The molecule has 0 aromatic carbocycles. The third-order valence-corrected chi connectivity index (χ3v) is 2.10. The van der Waals surface area contributed by atoms with Gasteiger partial charge in [-0.3, -0.25) is 0 Å². The number of nitrogens with zero attached hydrogens (tertiary/aromatic N) is 1. The molecule has 0 aromatic heterocycles. The summed E-state index contributed by atoms with van der Waals surface area (Å²) in [6.07, 6.45) is -0.237. The molecule has 0 heterocycles. The summed E-state index contributed by atoms with van der Waals surface area (Å²) >= 11 is 0. The largest absolute Gasteiger partial charge is 0.444 e. The lowest BCUT2D eigenvalue weighted by Gasteiger charge is -2.26. The highest BCUT2D eigenvalue weighted by atomic mass is 19.1. The maximum Gasteiger partial charge on any atom is 0.410 e. The van der Waals surface area contributed by atoms with Crippen LogP contribution in [0.2, 0.25) is 0 Å². The van der Waals surface area contributed by atoms with Gasteiger partial charge in [0.15, 0.2) is 0 Å². The van der Waals surface area contributed by atoms with Crippen molar-refractivity contribution in [3.8, 4) is 0 Å². The van der Waals surface area contributed by atoms with Crippen molar-refractivity contribution < 1.29 is 13.9 Å². The van der Waals surface area contributed by atoms with Gasteiger partial charge in [-0.25, -0.2) is 9.18 Å². The molecular formula is C11H23FN2O2. The van der Waals surface area contributed by atoms with Crippen molar-refractivity contribution in [2.75, 3.05) is 20.1 Å². The highest BCUT2D eigenvalue weighted by Crippen LogP contribution is 2.15. The summed E-state index contributed by atoms with van der Waals surface area (Å²) in [5.41, 5.74) is 3.30. The van der Waals surface area contributed by atoms with Gasteiger partial charge in [0, 0.05) is 26.6 Å². The molecular weight excluding hydrogens is 211 g/mol. The van der Waals surface area contributed by atoms with Crippen LogP contribution in [0.15, 0.2) is 0 Å². The maximum atomic E-state index is 13.5. The van der Waals surface area contributed by atoms with Crippen LogP contribution < -0.4 is 5.73 Å². The number of ether oxygens (including phenoxy) is 1. The Hall–Kier alpha value is -0.840. The Morgan fingerprint density at radius 2 is 1.88 bits per heavy atom. The molecule has 1 amide bonds. The van der Waals surface area contributed by atoms with Gasteiger partial charge < -0.3 is 15.4 Å². The maximum absolute atomic E-state index is 13.5. The van der Waals surface area contributed by atoms with E-state index in [1.54, 1.807) is 27.8 Å². The standard InChI is InChI=1S/C11H23FN2O2/c1-10(2,3)16-9(15)14(5)7-6-11(4,12)8-13/h6-8,13H2,1-5H3. The first-order valence-corrected chi connectivity index (χ1v) is 5.40. The number of nitrogens with two attached hydrogens (primary N) is 1. The van der Waals surface area contributed by atoms with E-state index >= 15 is 0 Å².